The van der Waals surface area contributed by atoms with E-state index in [0.29, 0.717) is 0 Å². The summed E-state index contributed by atoms with van der Waals surface area (Å²) < 4.78 is 2.71. The fourth-order valence-electron chi connectivity index (χ4n) is 0.708. The highest BCUT2D eigenvalue weighted by atomic mass is 127. The van der Waals surface area contributed by atoms with Crippen LogP contribution in [0.2, 0.25) is 19.6 Å². The minimum absolute atomic E-state index is 0.218. The van der Waals surface area contributed by atoms with Gasteiger partial charge in [0.25, 0.3) is 0 Å². The SMILES string of the molecule is C[Si](C)(C)C#CC#CCCCO.OCCCC#CI. The van der Waals surface area contributed by atoms with E-state index in [1.54, 1.807) is 0 Å². The zero-order valence-electron chi connectivity index (χ0n) is 12.0. The monoisotopic (exact) mass is 390 g/mol. The van der Waals surface area contributed by atoms with E-state index in [0.717, 1.165) is 25.7 Å². The highest BCUT2D eigenvalue weighted by Gasteiger charge is 2.06. The number of hydrogen-bond donors (Lipinski definition) is 2. The Labute approximate surface area is 132 Å². The van der Waals surface area contributed by atoms with Crippen LogP contribution in [0.5, 0.6) is 0 Å². The molecular weight excluding hydrogens is 367 g/mol. The van der Waals surface area contributed by atoms with E-state index in [-0.39, 0.29) is 13.2 Å². The molecule has 0 unspecified atom stereocenters. The number of aliphatic hydroxyl groups is 2. The first kappa shape index (κ1) is 20.9. The van der Waals surface area contributed by atoms with Crippen molar-refractivity contribution in [2.45, 2.75) is 45.3 Å². The van der Waals surface area contributed by atoms with Crippen LogP contribution in [-0.4, -0.2) is 31.5 Å². The zero-order chi connectivity index (χ0) is 15.0. The van der Waals surface area contributed by atoms with Gasteiger partial charge in [0.2, 0.25) is 0 Å². The van der Waals surface area contributed by atoms with Crippen molar-refractivity contribution in [2.24, 2.45) is 0 Å². The first-order valence-corrected chi connectivity index (χ1v) is 10.9. The van der Waals surface area contributed by atoms with Crippen molar-refractivity contribution in [1.82, 2.24) is 0 Å². The van der Waals surface area contributed by atoms with Crippen molar-refractivity contribution < 1.29 is 10.2 Å². The van der Waals surface area contributed by atoms with E-state index in [2.05, 4.69) is 52.8 Å². The lowest BCUT2D eigenvalue weighted by molar-refractivity contribution is 0.290. The molecular formula is C15H23IO2Si. The van der Waals surface area contributed by atoms with Crippen molar-refractivity contribution in [3.05, 3.63) is 0 Å². The van der Waals surface area contributed by atoms with Gasteiger partial charge in [-0.3, -0.25) is 0 Å². The molecule has 0 fully saturated rings. The van der Waals surface area contributed by atoms with Crippen LogP contribution >= 0.6 is 22.6 Å². The van der Waals surface area contributed by atoms with Crippen LogP contribution < -0.4 is 0 Å². The molecule has 2 nitrogen and oxygen atoms in total. The third-order valence-corrected chi connectivity index (χ3v) is 2.83. The summed E-state index contributed by atoms with van der Waals surface area (Å²) in [5.41, 5.74) is 3.15. The summed E-state index contributed by atoms with van der Waals surface area (Å²) in [5.74, 6) is 11.4. The fraction of sp³-hybridized carbons (Fsp3) is 0.600. The molecule has 0 saturated carbocycles. The molecule has 106 valence electrons. The van der Waals surface area contributed by atoms with E-state index in [1.807, 2.05) is 22.6 Å². The van der Waals surface area contributed by atoms with Gasteiger partial charge in [-0.05, 0) is 28.6 Å². The number of halogens is 1. The van der Waals surface area contributed by atoms with Crippen LogP contribution in [0.15, 0.2) is 0 Å². The molecule has 0 bridgehead atoms. The second kappa shape index (κ2) is 15.6. The third-order valence-electron chi connectivity index (χ3n) is 1.57. The molecule has 19 heavy (non-hydrogen) atoms. The van der Waals surface area contributed by atoms with Crippen LogP contribution in [0.4, 0.5) is 0 Å². The third kappa shape index (κ3) is 26.9. The molecule has 0 amide bonds. The minimum atomic E-state index is -1.24. The van der Waals surface area contributed by atoms with Crippen molar-refractivity contribution in [3.63, 3.8) is 0 Å². The quantitative estimate of drug-likeness (QED) is 0.336. The fourth-order valence-corrected chi connectivity index (χ4v) is 1.41. The molecule has 0 aromatic rings. The molecule has 0 aromatic carbocycles. The summed E-state index contributed by atoms with van der Waals surface area (Å²) in [4.78, 5) is 0. The van der Waals surface area contributed by atoms with Crippen LogP contribution in [-0.2, 0) is 0 Å². The van der Waals surface area contributed by atoms with E-state index < -0.39 is 8.07 Å². The van der Waals surface area contributed by atoms with E-state index in [1.165, 1.54) is 0 Å². The smallest absolute Gasteiger partial charge is 0.130 e. The summed E-state index contributed by atoms with van der Waals surface area (Å²) in [7, 11) is -1.24. The standard InChI is InChI=1S/C10H16OSi.C5H7IO/c1-12(2,3)10-8-6-4-5-7-9-11;6-4-2-1-3-5-7/h11H,5,7,9H2,1-3H3;7H,1,3,5H2. The lowest BCUT2D eigenvalue weighted by Crippen LogP contribution is -2.16. The van der Waals surface area contributed by atoms with E-state index in [4.69, 9.17) is 10.2 Å². The van der Waals surface area contributed by atoms with Gasteiger partial charge in [-0.15, -0.1) is 5.54 Å². The second-order valence-electron chi connectivity index (χ2n) is 4.73. The summed E-state index contributed by atoms with van der Waals surface area (Å²) in [5, 5.41) is 16.7. The molecule has 4 heteroatoms. The molecule has 2 N–H and O–H groups in total. The van der Waals surface area contributed by atoms with E-state index >= 15 is 0 Å². The Balaban J connectivity index is 0. The van der Waals surface area contributed by atoms with Gasteiger partial charge in [0.05, 0.1) is 0 Å². The Bertz CT molecular complexity index is 380. The van der Waals surface area contributed by atoms with Gasteiger partial charge in [0.15, 0.2) is 0 Å². The van der Waals surface area contributed by atoms with Crippen molar-refractivity contribution >= 4 is 30.7 Å². The summed E-state index contributed by atoms with van der Waals surface area (Å²) >= 11 is 1.98. The molecule has 0 heterocycles. The minimum Gasteiger partial charge on any atom is -0.396 e. The first-order valence-electron chi connectivity index (χ1n) is 6.28. The zero-order valence-corrected chi connectivity index (χ0v) is 15.2. The maximum atomic E-state index is 8.46. The molecule has 0 aliphatic heterocycles. The van der Waals surface area contributed by atoms with Gasteiger partial charge in [-0.2, -0.15) is 0 Å². The number of rotatable bonds is 4. The average molecular weight is 390 g/mol. The molecule has 0 aromatic heterocycles. The van der Waals surface area contributed by atoms with Gasteiger partial charge in [0.1, 0.15) is 8.07 Å². The highest BCUT2D eigenvalue weighted by Crippen LogP contribution is 1.95. The maximum absolute atomic E-state index is 8.46. The van der Waals surface area contributed by atoms with E-state index in [9.17, 15) is 0 Å². The molecule has 0 saturated heterocycles. The largest absolute Gasteiger partial charge is 0.396 e. The normalized spacial score (nSPS) is 8.53. The summed E-state index contributed by atoms with van der Waals surface area (Å²) in [6.45, 7) is 7.04. The predicted molar refractivity (Wildman–Crippen MR) is 93.3 cm³/mol. The van der Waals surface area contributed by atoms with Crippen molar-refractivity contribution in [1.29, 1.82) is 0 Å². The topological polar surface area (TPSA) is 40.5 Å². The van der Waals surface area contributed by atoms with Gasteiger partial charge in [0, 0.05) is 48.6 Å². The average Bonchev–Trinajstić information content (AvgIpc) is 2.34. The highest BCUT2D eigenvalue weighted by molar-refractivity contribution is 14.1. The van der Waals surface area contributed by atoms with Gasteiger partial charge in [-0.1, -0.05) is 31.5 Å². The molecule has 0 aliphatic carbocycles. The summed E-state index contributed by atoms with van der Waals surface area (Å²) in [6.07, 6.45) is 3.12. The Morgan fingerprint density at radius 3 is 1.84 bits per heavy atom. The molecule has 0 aliphatic rings. The molecule has 0 atom stereocenters. The molecule has 0 radical (unpaired) electrons. The number of aliphatic hydroxyl groups excluding tert-OH is 2. The molecule has 0 rings (SSSR count). The van der Waals surface area contributed by atoms with Crippen LogP contribution in [0.1, 0.15) is 25.7 Å². The van der Waals surface area contributed by atoms with Gasteiger partial charge < -0.3 is 10.2 Å². The Hall–Kier alpha value is -0.453. The number of unbranched alkanes of at least 4 members (excludes halogenated alkanes) is 2. The molecule has 0 spiro atoms. The Morgan fingerprint density at radius 1 is 0.895 bits per heavy atom. The van der Waals surface area contributed by atoms with Crippen LogP contribution in [0.3, 0.4) is 0 Å². The van der Waals surface area contributed by atoms with Crippen molar-refractivity contribution in [3.8, 4) is 33.2 Å². The van der Waals surface area contributed by atoms with Crippen LogP contribution in [0, 0.1) is 33.2 Å². The Kier molecular flexibility index (Phi) is 17.1. The predicted octanol–water partition coefficient (Wildman–Crippen LogP) is 2.80. The van der Waals surface area contributed by atoms with Gasteiger partial charge >= 0.3 is 0 Å². The lowest BCUT2D eigenvalue weighted by atomic mass is 10.3. The summed E-state index contributed by atoms with van der Waals surface area (Å²) in [6, 6.07) is 0. The number of hydrogen-bond acceptors (Lipinski definition) is 2. The second-order valence-corrected chi connectivity index (χ2v) is 10.0. The first-order chi connectivity index (χ1) is 8.97. The van der Waals surface area contributed by atoms with Gasteiger partial charge in [-0.25, -0.2) is 0 Å². The lowest BCUT2D eigenvalue weighted by Gasteiger charge is -2.01. The van der Waals surface area contributed by atoms with Crippen molar-refractivity contribution in [2.75, 3.05) is 13.2 Å². The van der Waals surface area contributed by atoms with Crippen LogP contribution in [0.25, 0.3) is 0 Å². The Morgan fingerprint density at radius 2 is 1.42 bits per heavy atom. The maximum Gasteiger partial charge on any atom is 0.130 e.